The number of nitrogens with zero attached hydrogens (tertiary/aromatic N) is 2. The number of anilines is 1. The van der Waals surface area contributed by atoms with E-state index < -0.39 is 0 Å². The molecule has 2 aromatic rings. The standard InChI is InChI=1S/C19H22N4O3/c1-13-10-16(24)22-19(20-13)14-6-5-7-15(11-14)21-17(25)12-23-9-4-2-3-8-18(23)26/h5-7,10-11H,2-4,8-9,12H2,1H3,(H,21,25)(H,20,22,24). The van der Waals surface area contributed by atoms with Gasteiger partial charge in [0.25, 0.3) is 5.56 Å². The Morgan fingerprint density at radius 2 is 2.08 bits per heavy atom. The first kappa shape index (κ1) is 17.8. The molecule has 2 N–H and O–H groups in total. The summed E-state index contributed by atoms with van der Waals surface area (Å²) in [6.45, 7) is 2.44. The summed E-state index contributed by atoms with van der Waals surface area (Å²) in [4.78, 5) is 44.6. The third kappa shape index (κ3) is 4.56. The molecule has 1 aromatic carbocycles. The van der Waals surface area contributed by atoms with Gasteiger partial charge in [-0.2, -0.15) is 0 Å². The number of carbonyl (C=O) groups excluding carboxylic acids is 2. The zero-order chi connectivity index (χ0) is 18.5. The predicted octanol–water partition coefficient (Wildman–Crippen LogP) is 2.09. The van der Waals surface area contributed by atoms with E-state index in [1.807, 2.05) is 6.07 Å². The molecule has 1 aliphatic rings. The van der Waals surface area contributed by atoms with Crippen LogP contribution in [0.1, 0.15) is 31.4 Å². The fourth-order valence-corrected chi connectivity index (χ4v) is 3.04. The van der Waals surface area contributed by atoms with Gasteiger partial charge in [0.15, 0.2) is 0 Å². The van der Waals surface area contributed by atoms with E-state index >= 15 is 0 Å². The van der Waals surface area contributed by atoms with E-state index in [9.17, 15) is 14.4 Å². The second-order valence-electron chi connectivity index (χ2n) is 6.49. The number of likely N-dealkylation sites (tertiary alicyclic amines) is 1. The number of aromatic nitrogens is 2. The van der Waals surface area contributed by atoms with E-state index in [4.69, 9.17) is 0 Å². The lowest BCUT2D eigenvalue weighted by molar-refractivity contribution is -0.134. The van der Waals surface area contributed by atoms with Crippen LogP contribution in [0.25, 0.3) is 11.4 Å². The molecule has 0 atom stereocenters. The maximum absolute atomic E-state index is 12.3. The molecule has 2 heterocycles. The monoisotopic (exact) mass is 354 g/mol. The van der Waals surface area contributed by atoms with Crippen molar-refractivity contribution in [2.75, 3.05) is 18.4 Å². The Bertz CT molecular complexity index is 875. The van der Waals surface area contributed by atoms with Gasteiger partial charge in [0.2, 0.25) is 11.8 Å². The molecular formula is C19H22N4O3. The van der Waals surface area contributed by atoms with Crippen LogP contribution in [-0.2, 0) is 9.59 Å². The summed E-state index contributed by atoms with van der Waals surface area (Å²) in [5, 5.41) is 2.82. The largest absolute Gasteiger partial charge is 0.333 e. The van der Waals surface area contributed by atoms with Gasteiger partial charge in [-0.1, -0.05) is 18.6 Å². The van der Waals surface area contributed by atoms with Crippen LogP contribution >= 0.6 is 0 Å². The van der Waals surface area contributed by atoms with E-state index in [2.05, 4.69) is 15.3 Å². The molecule has 3 rings (SSSR count). The smallest absolute Gasteiger partial charge is 0.251 e. The Morgan fingerprint density at radius 3 is 2.88 bits per heavy atom. The summed E-state index contributed by atoms with van der Waals surface area (Å²) in [6.07, 6.45) is 3.35. The summed E-state index contributed by atoms with van der Waals surface area (Å²) < 4.78 is 0. The van der Waals surface area contributed by atoms with Crippen LogP contribution in [0.2, 0.25) is 0 Å². The molecule has 7 nitrogen and oxygen atoms in total. The molecule has 1 saturated heterocycles. The molecule has 1 aliphatic heterocycles. The highest BCUT2D eigenvalue weighted by Gasteiger charge is 2.19. The van der Waals surface area contributed by atoms with Crippen molar-refractivity contribution < 1.29 is 9.59 Å². The number of rotatable bonds is 4. The zero-order valence-electron chi connectivity index (χ0n) is 14.7. The third-order valence-corrected chi connectivity index (χ3v) is 4.30. The molecule has 0 spiro atoms. The number of H-pyrrole nitrogens is 1. The first-order chi connectivity index (χ1) is 12.5. The number of hydrogen-bond donors (Lipinski definition) is 2. The normalized spacial score (nSPS) is 14.8. The van der Waals surface area contributed by atoms with Crippen molar-refractivity contribution in [1.82, 2.24) is 14.9 Å². The van der Waals surface area contributed by atoms with Crippen molar-refractivity contribution in [3.63, 3.8) is 0 Å². The second-order valence-corrected chi connectivity index (χ2v) is 6.49. The van der Waals surface area contributed by atoms with Gasteiger partial charge < -0.3 is 15.2 Å². The molecule has 1 aromatic heterocycles. The van der Waals surface area contributed by atoms with Crippen LogP contribution in [0.4, 0.5) is 5.69 Å². The van der Waals surface area contributed by atoms with Crippen LogP contribution in [0.3, 0.4) is 0 Å². The molecule has 0 bridgehead atoms. The van der Waals surface area contributed by atoms with Crippen LogP contribution in [0.5, 0.6) is 0 Å². The van der Waals surface area contributed by atoms with Crippen molar-refractivity contribution >= 4 is 17.5 Å². The highest BCUT2D eigenvalue weighted by atomic mass is 16.2. The minimum absolute atomic E-state index is 0.0351. The fraction of sp³-hybridized carbons (Fsp3) is 0.368. The summed E-state index contributed by atoms with van der Waals surface area (Å²) in [7, 11) is 0. The highest BCUT2D eigenvalue weighted by Crippen LogP contribution is 2.19. The number of amides is 2. The third-order valence-electron chi connectivity index (χ3n) is 4.30. The van der Waals surface area contributed by atoms with E-state index in [1.165, 1.54) is 6.07 Å². The number of nitrogens with one attached hydrogen (secondary N) is 2. The lowest BCUT2D eigenvalue weighted by Gasteiger charge is -2.19. The molecule has 2 amide bonds. The Balaban J connectivity index is 1.71. The summed E-state index contributed by atoms with van der Waals surface area (Å²) in [6, 6.07) is 8.53. The zero-order valence-corrected chi connectivity index (χ0v) is 14.7. The van der Waals surface area contributed by atoms with E-state index in [-0.39, 0.29) is 23.9 Å². The van der Waals surface area contributed by atoms with E-state index in [1.54, 1.807) is 30.0 Å². The number of aryl methyl sites for hydroxylation is 1. The van der Waals surface area contributed by atoms with Gasteiger partial charge in [0.05, 0.1) is 6.54 Å². The van der Waals surface area contributed by atoms with Crippen molar-refractivity contribution in [2.24, 2.45) is 0 Å². The fourth-order valence-electron chi connectivity index (χ4n) is 3.04. The summed E-state index contributed by atoms with van der Waals surface area (Å²) >= 11 is 0. The summed E-state index contributed by atoms with van der Waals surface area (Å²) in [5.41, 5.74) is 1.70. The van der Waals surface area contributed by atoms with Gasteiger partial charge in [0.1, 0.15) is 5.82 Å². The SMILES string of the molecule is Cc1cc(=O)[nH]c(-c2cccc(NC(=O)CN3CCCCCC3=O)c2)n1. The Kier molecular flexibility index (Phi) is 5.46. The average Bonchev–Trinajstić information content (AvgIpc) is 2.79. The van der Waals surface area contributed by atoms with Gasteiger partial charge in [-0.3, -0.25) is 14.4 Å². The first-order valence-corrected chi connectivity index (χ1v) is 8.77. The summed E-state index contributed by atoms with van der Waals surface area (Å²) in [5.74, 6) is 0.254. The van der Waals surface area contributed by atoms with Crippen LogP contribution in [0, 0.1) is 6.92 Å². The quantitative estimate of drug-likeness (QED) is 0.879. The van der Waals surface area contributed by atoms with Crippen LogP contribution < -0.4 is 10.9 Å². The number of aromatic amines is 1. The number of carbonyl (C=O) groups is 2. The first-order valence-electron chi connectivity index (χ1n) is 8.77. The lowest BCUT2D eigenvalue weighted by Crippen LogP contribution is -2.37. The number of benzene rings is 1. The molecule has 0 unspecified atom stereocenters. The molecule has 1 fully saturated rings. The van der Waals surface area contributed by atoms with E-state index in [0.717, 1.165) is 19.3 Å². The second kappa shape index (κ2) is 7.95. The minimum Gasteiger partial charge on any atom is -0.333 e. The predicted molar refractivity (Wildman–Crippen MR) is 98.7 cm³/mol. The minimum atomic E-state index is -0.233. The van der Waals surface area contributed by atoms with Gasteiger partial charge in [-0.25, -0.2) is 4.98 Å². The van der Waals surface area contributed by atoms with Gasteiger partial charge in [0, 0.05) is 36.0 Å². The Hall–Kier alpha value is -2.96. The molecular weight excluding hydrogens is 332 g/mol. The number of hydrogen-bond acceptors (Lipinski definition) is 4. The molecule has 7 heteroatoms. The molecule has 136 valence electrons. The van der Waals surface area contributed by atoms with E-state index in [0.29, 0.717) is 35.7 Å². The maximum atomic E-state index is 12.3. The van der Waals surface area contributed by atoms with Crippen molar-refractivity contribution in [3.8, 4) is 11.4 Å². The Labute approximate surface area is 151 Å². The van der Waals surface area contributed by atoms with Crippen molar-refractivity contribution in [3.05, 3.63) is 46.4 Å². The molecule has 0 saturated carbocycles. The average molecular weight is 354 g/mol. The maximum Gasteiger partial charge on any atom is 0.251 e. The van der Waals surface area contributed by atoms with Crippen molar-refractivity contribution in [1.29, 1.82) is 0 Å². The van der Waals surface area contributed by atoms with Gasteiger partial charge >= 0.3 is 0 Å². The topological polar surface area (TPSA) is 95.2 Å². The van der Waals surface area contributed by atoms with Crippen LogP contribution in [-0.4, -0.2) is 39.8 Å². The Morgan fingerprint density at radius 1 is 1.23 bits per heavy atom. The van der Waals surface area contributed by atoms with Crippen molar-refractivity contribution in [2.45, 2.75) is 32.6 Å². The van der Waals surface area contributed by atoms with Gasteiger partial charge in [-0.05, 0) is 31.9 Å². The molecule has 0 radical (unpaired) electrons. The molecule has 0 aliphatic carbocycles. The van der Waals surface area contributed by atoms with Crippen LogP contribution in [0.15, 0.2) is 35.1 Å². The van der Waals surface area contributed by atoms with Gasteiger partial charge in [-0.15, -0.1) is 0 Å². The lowest BCUT2D eigenvalue weighted by atomic mass is 10.2. The molecule has 26 heavy (non-hydrogen) atoms. The highest BCUT2D eigenvalue weighted by molar-refractivity contribution is 5.95.